The van der Waals surface area contributed by atoms with Crippen molar-refractivity contribution in [2.24, 2.45) is 0 Å². The minimum absolute atomic E-state index is 0.631. The molecule has 0 N–H and O–H groups in total. The molecule has 1 aromatic carbocycles. The lowest BCUT2D eigenvalue weighted by molar-refractivity contribution is 0.115. The maximum absolute atomic E-state index is 5.56. The second-order valence-corrected chi connectivity index (χ2v) is 4.05. The highest BCUT2D eigenvalue weighted by Crippen LogP contribution is 2.10. The molecule has 0 bridgehead atoms. The van der Waals surface area contributed by atoms with E-state index < -0.39 is 0 Å². The topological polar surface area (TPSA) is 27.1 Å². The molecule has 0 aliphatic heterocycles. The predicted octanol–water partition coefficient (Wildman–Crippen LogP) is 2.65. The van der Waals surface area contributed by atoms with E-state index in [1.807, 2.05) is 37.4 Å². The molecule has 0 saturated heterocycles. The molecular weight excluding hydrogens is 224 g/mol. The van der Waals surface area contributed by atoms with Gasteiger partial charge < -0.3 is 4.84 Å². The van der Waals surface area contributed by atoms with Crippen molar-refractivity contribution in [3.8, 4) is 0 Å². The molecule has 0 fully saturated rings. The van der Waals surface area contributed by atoms with Gasteiger partial charge in [-0.05, 0) is 12.5 Å². The van der Waals surface area contributed by atoms with Crippen molar-refractivity contribution in [1.29, 1.82) is 0 Å². The lowest BCUT2D eigenvalue weighted by Crippen LogP contribution is -2.13. The maximum atomic E-state index is 5.56. The van der Waals surface area contributed by atoms with Gasteiger partial charge in [-0.15, -0.1) is 6.58 Å². The van der Waals surface area contributed by atoms with Gasteiger partial charge in [-0.1, -0.05) is 36.4 Å². The van der Waals surface area contributed by atoms with E-state index in [-0.39, 0.29) is 0 Å². The number of nitrogens with zero attached hydrogens (tertiary/aromatic N) is 2. The SMILES string of the molecule is C=CCc1cn(OCC)c(Cc2ccccc2)n1. The highest BCUT2D eigenvalue weighted by Gasteiger charge is 2.08. The summed E-state index contributed by atoms with van der Waals surface area (Å²) in [6, 6.07) is 10.3. The Labute approximate surface area is 108 Å². The normalized spacial score (nSPS) is 10.3. The van der Waals surface area contributed by atoms with E-state index in [9.17, 15) is 0 Å². The van der Waals surface area contributed by atoms with Crippen LogP contribution in [0.15, 0.2) is 49.2 Å². The van der Waals surface area contributed by atoms with Crippen molar-refractivity contribution < 1.29 is 4.84 Å². The Balaban J connectivity index is 2.22. The van der Waals surface area contributed by atoms with Crippen LogP contribution in [0.3, 0.4) is 0 Å². The largest absolute Gasteiger partial charge is 0.413 e. The molecule has 0 unspecified atom stereocenters. The molecule has 0 atom stereocenters. The molecule has 1 heterocycles. The van der Waals surface area contributed by atoms with Crippen LogP contribution < -0.4 is 4.84 Å². The summed E-state index contributed by atoms with van der Waals surface area (Å²) >= 11 is 0. The van der Waals surface area contributed by atoms with Gasteiger partial charge in [0, 0.05) is 12.8 Å². The molecule has 0 radical (unpaired) electrons. The second kappa shape index (κ2) is 6.05. The van der Waals surface area contributed by atoms with Gasteiger partial charge >= 0.3 is 0 Å². The van der Waals surface area contributed by atoms with Crippen molar-refractivity contribution in [2.45, 2.75) is 19.8 Å². The van der Waals surface area contributed by atoms with Crippen molar-refractivity contribution in [3.63, 3.8) is 0 Å². The first-order valence-corrected chi connectivity index (χ1v) is 6.18. The number of aromatic nitrogens is 2. The first kappa shape index (κ1) is 12.4. The van der Waals surface area contributed by atoms with E-state index >= 15 is 0 Å². The average Bonchev–Trinajstić information content (AvgIpc) is 2.74. The van der Waals surface area contributed by atoms with E-state index in [0.29, 0.717) is 6.61 Å². The quantitative estimate of drug-likeness (QED) is 0.728. The predicted molar refractivity (Wildman–Crippen MR) is 72.5 cm³/mol. The molecule has 0 aliphatic carbocycles. The minimum Gasteiger partial charge on any atom is -0.413 e. The van der Waals surface area contributed by atoms with Crippen LogP contribution in [0.4, 0.5) is 0 Å². The molecule has 0 amide bonds. The Morgan fingerprint density at radius 1 is 1.33 bits per heavy atom. The molecule has 0 saturated carbocycles. The number of hydrogen-bond donors (Lipinski definition) is 0. The zero-order chi connectivity index (χ0) is 12.8. The number of hydrogen-bond acceptors (Lipinski definition) is 2. The van der Waals surface area contributed by atoms with Crippen LogP contribution in [-0.2, 0) is 12.8 Å². The number of allylic oxidation sites excluding steroid dienone is 1. The maximum Gasteiger partial charge on any atom is 0.149 e. The summed E-state index contributed by atoms with van der Waals surface area (Å²) < 4.78 is 1.77. The number of rotatable bonds is 6. The van der Waals surface area contributed by atoms with E-state index in [1.54, 1.807) is 4.73 Å². The molecule has 0 spiro atoms. The van der Waals surface area contributed by atoms with Crippen molar-refractivity contribution >= 4 is 0 Å². The summed E-state index contributed by atoms with van der Waals surface area (Å²) in [4.78, 5) is 10.1. The third-order valence-corrected chi connectivity index (χ3v) is 2.62. The molecule has 3 nitrogen and oxygen atoms in total. The van der Waals surface area contributed by atoms with Crippen molar-refractivity contribution in [2.75, 3.05) is 6.61 Å². The van der Waals surface area contributed by atoms with Crippen LogP contribution in [0.2, 0.25) is 0 Å². The summed E-state index contributed by atoms with van der Waals surface area (Å²) in [5.74, 6) is 0.930. The van der Waals surface area contributed by atoms with Crippen LogP contribution in [0.5, 0.6) is 0 Å². The Morgan fingerprint density at radius 3 is 2.78 bits per heavy atom. The van der Waals surface area contributed by atoms with Crippen LogP contribution in [-0.4, -0.2) is 16.3 Å². The van der Waals surface area contributed by atoms with Gasteiger partial charge in [-0.3, -0.25) is 0 Å². The van der Waals surface area contributed by atoms with Crippen molar-refractivity contribution in [1.82, 2.24) is 9.71 Å². The molecule has 2 aromatic rings. The molecular formula is C15H18N2O. The second-order valence-electron chi connectivity index (χ2n) is 4.05. The molecule has 3 heteroatoms. The van der Waals surface area contributed by atoms with Crippen LogP contribution in [0, 0.1) is 0 Å². The third kappa shape index (κ3) is 3.00. The summed E-state index contributed by atoms with van der Waals surface area (Å²) in [5, 5.41) is 0. The zero-order valence-electron chi connectivity index (χ0n) is 10.7. The monoisotopic (exact) mass is 242 g/mol. The summed E-state index contributed by atoms with van der Waals surface area (Å²) in [6.45, 7) is 6.34. The van der Waals surface area contributed by atoms with Gasteiger partial charge in [-0.2, -0.15) is 4.73 Å². The fraction of sp³-hybridized carbons (Fsp3) is 0.267. The highest BCUT2D eigenvalue weighted by molar-refractivity contribution is 5.20. The minimum atomic E-state index is 0.631. The average molecular weight is 242 g/mol. The molecule has 2 rings (SSSR count). The molecule has 0 aliphatic rings. The third-order valence-electron chi connectivity index (χ3n) is 2.62. The van der Waals surface area contributed by atoms with Crippen molar-refractivity contribution in [3.05, 3.63) is 66.3 Å². The van der Waals surface area contributed by atoms with Gasteiger partial charge in [0.05, 0.1) is 11.9 Å². The molecule has 18 heavy (non-hydrogen) atoms. The van der Waals surface area contributed by atoms with E-state index in [2.05, 4.69) is 23.7 Å². The summed E-state index contributed by atoms with van der Waals surface area (Å²) in [6.07, 6.45) is 5.33. The molecule has 1 aromatic heterocycles. The summed E-state index contributed by atoms with van der Waals surface area (Å²) in [7, 11) is 0. The Bertz CT molecular complexity index is 502. The van der Waals surface area contributed by atoms with Gasteiger partial charge in [0.15, 0.2) is 0 Å². The van der Waals surface area contributed by atoms with E-state index in [4.69, 9.17) is 4.84 Å². The Morgan fingerprint density at radius 2 is 2.11 bits per heavy atom. The fourth-order valence-corrected chi connectivity index (χ4v) is 1.85. The van der Waals surface area contributed by atoms with Crippen LogP contribution in [0.25, 0.3) is 0 Å². The lowest BCUT2D eigenvalue weighted by atomic mass is 10.1. The zero-order valence-corrected chi connectivity index (χ0v) is 10.7. The van der Waals surface area contributed by atoms with E-state index in [1.165, 1.54) is 5.56 Å². The molecule has 94 valence electrons. The van der Waals surface area contributed by atoms with Gasteiger partial charge in [-0.25, -0.2) is 4.98 Å². The standard InChI is InChI=1S/C15H18N2O/c1-3-8-14-12-17(18-4-2)15(16-14)11-13-9-6-5-7-10-13/h3,5-7,9-10,12H,1,4,8,11H2,2H3. The fourth-order valence-electron chi connectivity index (χ4n) is 1.85. The Hall–Kier alpha value is -2.03. The highest BCUT2D eigenvalue weighted by atomic mass is 16.7. The van der Waals surface area contributed by atoms with Gasteiger partial charge in [0.1, 0.15) is 12.4 Å². The number of benzene rings is 1. The van der Waals surface area contributed by atoms with Crippen LogP contribution in [0.1, 0.15) is 24.0 Å². The summed E-state index contributed by atoms with van der Waals surface area (Å²) in [5.41, 5.74) is 2.22. The van der Waals surface area contributed by atoms with E-state index in [0.717, 1.165) is 24.4 Å². The number of imidazole rings is 1. The van der Waals surface area contributed by atoms with Gasteiger partial charge in [0.2, 0.25) is 0 Å². The van der Waals surface area contributed by atoms with Crippen LogP contribution >= 0.6 is 0 Å². The lowest BCUT2D eigenvalue weighted by Gasteiger charge is -2.07. The smallest absolute Gasteiger partial charge is 0.149 e. The van der Waals surface area contributed by atoms with Gasteiger partial charge in [0.25, 0.3) is 0 Å². The Kier molecular flexibility index (Phi) is 4.18. The first-order valence-electron chi connectivity index (χ1n) is 6.18. The first-order chi connectivity index (χ1) is 8.83.